The van der Waals surface area contributed by atoms with Crippen molar-refractivity contribution in [3.8, 4) is 11.3 Å². The van der Waals surface area contributed by atoms with Gasteiger partial charge in [-0.3, -0.25) is 4.79 Å². The van der Waals surface area contributed by atoms with Gasteiger partial charge < -0.3 is 9.80 Å². The van der Waals surface area contributed by atoms with Crippen molar-refractivity contribution in [1.82, 2.24) is 19.5 Å². The van der Waals surface area contributed by atoms with Crippen LogP contribution in [0.15, 0.2) is 30.3 Å². The lowest BCUT2D eigenvalue weighted by atomic mass is 9.88. The molecule has 3 aromatic rings. The van der Waals surface area contributed by atoms with Crippen molar-refractivity contribution in [3.05, 3.63) is 52.8 Å². The highest BCUT2D eigenvalue weighted by Crippen LogP contribution is 2.40. The number of halogens is 3. The number of nitrogens with zero attached hydrogens (tertiary/aromatic N) is 4. The third kappa shape index (κ3) is 3.02. The molecule has 9 heteroatoms. The summed E-state index contributed by atoms with van der Waals surface area (Å²) in [7, 11) is 0. The number of aromatic nitrogens is 3. The van der Waals surface area contributed by atoms with Gasteiger partial charge in [-0.05, 0) is 18.4 Å². The maximum Gasteiger partial charge on any atom is 0.433 e. The SMILES string of the molecule is O=C(c1cc2nc3c(c(C(F)(F)F)n2n1)CCc1ccccc1-3)N1CC[NH+]2CCC[C@H]2C1. The minimum absolute atomic E-state index is 0.0279. The third-order valence-electron chi connectivity index (χ3n) is 7.16. The van der Waals surface area contributed by atoms with Crippen LogP contribution in [0.5, 0.6) is 0 Å². The van der Waals surface area contributed by atoms with E-state index in [9.17, 15) is 18.0 Å². The molecule has 1 aromatic carbocycles. The van der Waals surface area contributed by atoms with E-state index in [1.165, 1.54) is 11.0 Å². The molecule has 6 nitrogen and oxygen atoms in total. The average Bonchev–Trinajstić information content (AvgIpc) is 3.42. The molecule has 4 heterocycles. The average molecular weight is 442 g/mol. The summed E-state index contributed by atoms with van der Waals surface area (Å²) in [5.41, 5.74) is 1.45. The molecule has 0 bridgehead atoms. The summed E-state index contributed by atoms with van der Waals surface area (Å²) < 4.78 is 43.5. The van der Waals surface area contributed by atoms with Gasteiger partial charge in [-0.1, -0.05) is 24.3 Å². The van der Waals surface area contributed by atoms with Crippen molar-refractivity contribution < 1.29 is 22.9 Å². The van der Waals surface area contributed by atoms with Crippen molar-refractivity contribution in [2.24, 2.45) is 0 Å². The molecule has 1 N–H and O–H groups in total. The first kappa shape index (κ1) is 19.7. The van der Waals surface area contributed by atoms with E-state index in [0.717, 1.165) is 41.6 Å². The molecule has 0 saturated carbocycles. The van der Waals surface area contributed by atoms with Gasteiger partial charge in [0.1, 0.15) is 6.04 Å². The normalized spacial score (nSPS) is 22.5. The maximum atomic E-state index is 14.2. The smallest absolute Gasteiger partial charge is 0.330 e. The van der Waals surface area contributed by atoms with E-state index in [-0.39, 0.29) is 29.2 Å². The summed E-state index contributed by atoms with van der Waals surface area (Å²) in [4.78, 5) is 21.0. The molecule has 2 atom stereocenters. The Kier molecular flexibility index (Phi) is 4.33. The fourth-order valence-electron chi connectivity index (χ4n) is 5.64. The van der Waals surface area contributed by atoms with Crippen LogP contribution in [0, 0.1) is 0 Å². The first-order valence-corrected chi connectivity index (χ1v) is 11.1. The van der Waals surface area contributed by atoms with Crippen LogP contribution in [0.1, 0.15) is 40.2 Å². The molecule has 2 fully saturated rings. The second-order valence-electron chi connectivity index (χ2n) is 8.99. The maximum absolute atomic E-state index is 14.2. The number of aryl methyl sites for hydroxylation is 1. The number of rotatable bonds is 1. The highest BCUT2D eigenvalue weighted by Gasteiger charge is 2.41. The minimum atomic E-state index is -4.61. The number of carbonyl (C=O) groups excluding carboxylic acids is 1. The van der Waals surface area contributed by atoms with Crippen molar-refractivity contribution in [1.29, 1.82) is 0 Å². The predicted molar refractivity (Wildman–Crippen MR) is 110 cm³/mol. The van der Waals surface area contributed by atoms with Gasteiger partial charge in [0.15, 0.2) is 17.0 Å². The zero-order chi connectivity index (χ0) is 22.0. The Hall–Kier alpha value is -2.94. The van der Waals surface area contributed by atoms with Crippen molar-refractivity contribution in [2.45, 2.75) is 37.9 Å². The van der Waals surface area contributed by atoms with Gasteiger partial charge in [0.2, 0.25) is 0 Å². The number of piperazine rings is 1. The van der Waals surface area contributed by atoms with Crippen LogP contribution in [-0.2, 0) is 19.0 Å². The lowest BCUT2D eigenvalue weighted by molar-refractivity contribution is -0.916. The minimum Gasteiger partial charge on any atom is -0.330 e. The molecule has 2 saturated heterocycles. The second kappa shape index (κ2) is 7.03. The molecule has 1 unspecified atom stereocenters. The van der Waals surface area contributed by atoms with Gasteiger partial charge in [0.25, 0.3) is 5.91 Å². The van der Waals surface area contributed by atoms with Crippen LogP contribution in [0.2, 0.25) is 0 Å². The molecule has 1 aliphatic carbocycles. The van der Waals surface area contributed by atoms with Crippen LogP contribution in [0.4, 0.5) is 13.2 Å². The largest absolute Gasteiger partial charge is 0.433 e. The van der Waals surface area contributed by atoms with Gasteiger partial charge >= 0.3 is 6.18 Å². The van der Waals surface area contributed by atoms with Gasteiger partial charge in [0.05, 0.1) is 31.9 Å². The Labute approximate surface area is 182 Å². The number of carbonyl (C=O) groups is 1. The molecule has 6 rings (SSSR count). The molecule has 166 valence electrons. The van der Waals surface area contributed by atoms with Crippen LogP contribution in [-0.4, -0.2) is 57.6 Å². The first-order chi connectivity index (χ1) is 15.4. The lowest BCUT2D eigenvalue weighted by Crippen LogP contribution is -3.16. The quantitative estimate of drug-likeness (QED) is 0.628. The standard InChI is InChI=1S/C23H22F3N5O/c24-23(25,26)21-17-8-7-14-4-1-2-6-16(14)20(17)27-19-12-18(28-31(19)21)22(32)30-11-10-29-9-3-5-15(29)13-30/h1-2,4,6,12,15H,3,5,7-11,13H2/p+1/t15-/m0/s1. The molecule has 3 aliphatic rings. The van der Waals surface area contributed by atoms with Gasteiger partial charge in [-0.25, -0.2) is 9.50 Å². The van der Waals surface area contributed by atoms with Crippen LogP contribution in [0.25, 0.3) is 16.9 Å². The zero-order valence-corrected chi connectivity index (χ0v) is 17.5. The zero-order valence-electron chi connectivity index (χ0n) is 17.5. The van der Waals surface area contributed by atoms with Crippen molar-refractivity contribution in [2.75, 3.05) is 26.2 Å². The Morgan fingerprint density at radius 2 is 2.00 bits per heavy atom. The number of amides is 1. The Balaban J connectivity index is 1.45. The van der Waals surface area contributed by atoms with E-state index in [1.54, 1.807) is 4.90 Å². The van der Waals surface area contributed by atoms with E-state index in [1.807, 2.05) is 24.3 Å². The van der Waals surface area contributed by atoms with E-state index in [4.69, 9.17) is 0 Å². The van der Waals surface area contributed by atoms with Crippen LogP contribution >= 0.6 is 0 Å². The lowest BCUT2D eigenvalue weighted by Gasteiger charge is -2.34. The molecule has 0 spiro atoms. The molecular weight excluding hydrogens is 419 g/mol. The highest BCUT2D eigenvalue weighted by molar-refractivity contribution is 5.93. The summed E-state index contributed by atoms with van der Waals surface area (Å²) in [5.74, 6) is -0.312. The molecule has 32 heavy (non-hydrogen) atoms. The van der Waals surface area contributed by atoms with Gasteiger partial charge in [-0.2, -0.15) is 18.3 Å². The topological polar surface area (TPSA) is 54.9 Å². The monoisotopic (exact) mass is 442 g/mol. The van der Waals surface area contributed by atoms with Gasteiger partial charge in [-0.15, -0.1) is 0 Å². The summed E-state index contributed by atoms with van der Waals surface area (Å²) in [6.45, 7) is 3.24. The van der Waals surface area contributed by atoms with E-state index in [0.29, 0.717) is 31.2 Å². The summed E-state index contributed by atoms with van der Waals surface area (Å²) in [5, 5.41) is 4.14. The molecule has 2 aromatic heterocycles. The Morgan fingerprint density at radius 3 is 2.84 bits per heavy atom. The van der Waals surface area contributed by atoms with E-state index in [2.05, 4.69) is 10.1 Å². The molecule has 0 radical (unpaired) electrons. The van der Waals surface area contributed by atoms with E-state index >= 15 is 0 Å². The number of fused-ring (bicyclic) bond motifs is 5. The number of nitrogens with one attached hydrogen (secondary N) is 1. The second-order valence-corrected chi connectivity index (χ2v) is 8.99. The first-order valence-electron chi connectivity index (χ1n) is 11.1. The summed E-state index contributed by atoms with van der Waals surface area (Å²) >= 11 is 0. The van der Waals surface area contributed by atoms with Crippen LogP contribution < -0.4 is 4.90 Å². The molecule has 1 amide bonds. The Morgan fingerprint density at radius 1 is 1.16 bits per heavy atom. The highest BCUT2D eigenvalue weighted by atomic mass is 19.4. The fourth-order valence-corrected chi connectivity index (χ4v) is 5.64. The van der Waals surface area contributed by atoms with Crippen molar-refractivity contribution in [3.63, 3.8) is 0 Å². The van der Waals surface area contributed by atoms with Crippen LogP contribution in [0.3, 0.4) is 0 Å². The third-order valence-corrected chi connectivity index (χ3v) is 7.16. The van der Waals surface area contributed by atoms with Gasteiger partial charge in [0, 0.05) is 30.0 Å². The summed E-state index contributed by atoms with van der Waals surface area (Å²) in [6.07, 6.45) is -1.62. The molecule has 2 aliphatic heterocycles. The number of hydrogen-bond acceptors (Lipinski definition) is 3. The predicted octanol–water partition coefficient (Wildman–Crippen LogP) is 2.02. The summed E-state index contributed by atoms with van der Waals surface area (Å²) in [6, 6.07) is 9.24. The number of hydrogen-bond donors (Lipinski definition) is 1. The number of quaternary nitrogens is 1. The van der Waals surface area contributed by atoms with E-state index < -0.39 is 11.9 Å². The Bertz CT molecular complexity index is 1230. The molecular formula is C23H23F3N5O+. The van der Waals surface area contributed by atoms with Crippen molar-refractivity contribution >= 4 is 11.6 Å². The number of alkyl halides is 3. The fraction of sp³-hybridized carbons (Fsp3) is 0.435. The number of benzene rings is 1.